The van der Waals surface area contributed by atoms with Crippen molar-refractivity contribution in [2.24, 2.45) is 7.05 Å². The number of rotatable bonds is 3. The van der Waals surface area contributed by atoms with Crippen LogP contribution in [0.1, 0.15) is 5.82 Å². The highest BCUT2D eigenvalue weighted by atomic mass is 16.5. The smallest absolute Gasteiger partial charge is 0.144 e. The molecule has 1 heterocycles. The molecule has 0 saturated carbocycles. The van der Waals surface area contributed by atoms with E-state index in [1.807, 2.05) is 29.8 Å². The average molecular weight is 206 g/mol. The molecule has 1 aromatic heterocycles. The predicted molar refractivity (Wildman–Crippen MR) is 58.0 cm³/mol. The van der Waals surface area contributed by atoms with Crippen molar-refractivity contribution < 1.29 is 9.47 Å². The minimum atomic E-state index is 0.508. The van der Waals surface area contributed by atoms with Crippen LogP contribution in [0.25, 0.3) is 11.0 Å². The number of hydrogen-bond donors (Lipinski definition) is 0. The van der Waals surface area contributed by atoms with Gasteiger partial charge < -0.3 is 14.0 Å². The zero-order valence-electron chi connectivity index (χ0n) is 9.15. The highest BCUT2D eigenvalue weighted by Crippen LogP contribution is 2.25. The summed E-state index contributed by atoms with van der Waals surface area (Å²) in [6.07, 6.45) is 0. The average Bonchev–Trinajstić information content (AvgIpc) is 2.57. The molecular weight excluding hydrogens is 192 g/mol. The summed E-state index contributed by atoms with van der Waals surface area (Å²) in [6, 6.07) is 5.84. The van der Waals surface area contributed by atoms with Crippen LogP contribution in [0.3, 0.4) is 0 Å². The van der Waals surface area contributed by atoms with Gasteiger partial charge in [-0.2, -0.15) is 0 Å². The van der Waals surface area contributed by atoms with E-state index >= 15 is 0 Å². The molecule has 2 rings (SSSR count). The molecule has 80 valence electrons. The van der Waals surface area contributed by atoms with Crippen molar-refractivity contribution in [2.75, 3.05) is 14.2 Å². The Morgan fingerprint density at radius 3 is 2.80 bits per heavy atom. The van der Waals surface area contributed by atoms with Crippen LogP contribution in [-0.2, 0) is 18.4 Å². The van der Waals surface area contributed by atoms with Gasteiger partial charge in [0.1, 0.15) is 23.7 Å². The van der Waals surface area contributed by atoms with Gasteiger partial charge in [-0.05, 0) is 12.1 Å². The molecule has 0 amide bonds. The number of hydrogen-bond acceptors (Lipinski definition) is 3. The highest BCUT2D eigenvalue weighted by molar-refractivity contribution is 5.82. The number of fused-ring (bicyclic) bond motifs is 1. The van der Waals surface area contributed by atoms with Crippen molar-refractivity contribution in [3.05, 3.63) is 24.0 Å². The number of aryl methyl sites for hydroxylation is 1. The van der Waals surface area contributed by atoms with Gasteiger partial charge in [0.15, 0.2) is 0 Å². The molecule has 15 heavy (non-hydrogen) atoms. The molecule has 0 bridgehead atoms. The third kappa shape index (κ3) is 1.57. The minimum absolute atomic E-state index is 0.508. The third-order valence-corrected chi connectivity index (χ3v) is 2.44. The molecule has 2 aromatic rings. The van der Waals surface area contributed by atoms with Gasteiger partial charge in [-0.1, -0.05) is 6.07 Å². The van der Waals surface area contributed by atoms with Gasteiger partial charge in [-0.3, -0.25) is 0 Å². The molecule has 0 radical (unpaired) electrons. The molecule has 0 aliphatic carbocycles. The Morgan fingerprint density at radius 1 is 1.33 bits per heavy atom. The van der Waals surface area contributed by atoms with E-state index in [0.717, 1.165) is 22.6 Å². The molecule has 1 aromatic carbocycles. The van der Waals surface area contributed by atoms with Crippen molar-refractivity contribution in [1.82, 2.24) is 9.55 Å². The number of nitrogens with zero attached hydrogens (tertiary/aromatic N) is 2. The fourth-order valence-corrected chi connectivity index (χ4v) is 1.70. The molecule has 0 unspecified atom stereocenters. The molecule has 4 nitrogen and oxygen atoms in total. The van der Waals surface area contributed by atoms with E-state index in [1.54, 1.807) is 14.2 Å². The van der Waals surface area contributed by atoms with E-state index in [2.05, 4.69) is 4.98 Å². The summed E-state index contributed by atoms with van der Waals surface area (Å²) in [4.78, 5) is 4.47. The fourth-order valence-electron chi connectivity index (χ4n) is 1.70. The number of para-hydroxylation sites is 1. The number of imidazole rings is 1. The van der Waals surface area contributed by atoms with Crippen molar-refractivity contribution in [3.8, 4) is 5.75 Å². The van der Waals surface area contributed by atoms with E-state index in [4.69, 9.17) is 9.47 Å². The summed E-state index contributed by atoms with van der Waals surface area (Å²) in [6.45, 7) is 0.508. The zero-order valence-corrected chi connectivity index (χ0v) is 9.15. The Bertz CT molecular complexity index is 477. The van der Waals surface area contributed by atoms with Crippen LogP contribution in [0, 0.1) is 0 Å². The van der Waals surface area contributed by atoms with E-state index in [-0.39, 0.29) is 0 Å². The Morgan fingerprint density at radius 2 is 2.13 bits per heavy atom. The Labute approximate surface area is 88.4 Å². The first-order chi connectivity index (χ1) is 7.27. The maximum atomic E-state index is 5.30. The lowest BCUT2D eigenvalue weighted by Crippen LogP contribution is -1.99. The molecule has 0 aliphatic heterocycles. The first kappa shape index (κ1) is 9.98. The number of aromatic nitrogens is 2. The minimum Gasteiger partial charge on any atom is -0.494 e. The standard InChI is InChI=1S/C11H14N2O2/c1-13-10(7-14-2)12-8-5-4-6-9(15-3)11(8)13/h4-6H,7H2,1-3H3. The van der Waals surface area contributed by atoms with E-state index in [9.17, 15) is 0 Å². The summed E-state index contributed by atoms with van der Waals surface area (Å²) >= 11 is 0. The van der Waals surface area contributed by atoms with Crippen LogP contribution in [0.2, 0.25) is 0 Å². The van der Waals surface area contributed by atoms with E-state index < -0.39 is 0 Å². The molecule has 0 spiro atoms. The maximum Gasteiger partial charge on any atom is 0.144 e. The Hall–Kier alpha value is -1.55. The quantitative estimate of drug-likeness (QED) is 0.767. The first-order valence-corrected chi connectivity index (χ1v) is 4.75. The van der Waals surface area contributed by atoms with Gasteiger partial charge in [-0.15, -0.1) is 0 Å². The molecule has 0 N–H and O–H groups in total. The van der Waals surface area contributed by atoms with Gasteiger partial charge in [-0.25, -0.2) is 4.98 Å². The summed E-state index contributed by atoms with van der Waals surface area (Å²) in [5.74, 6) is 1.74. The first-order valence-electron chi connectivity index (χ1n) is 4.75. The largest absolute Gasteiger partial charge is 0.494 e. The number of ether oxygens (including phenoxy) is 2. The molecule has 0 atom stereocenters. The van der Waals surface area contributed by atoms with Crippen LogP contribution in [0.5, 0.6) is 5.75 Å². The van der Waals surface area contributed by atoms with Crippen LogP contribution in [0.4, 0.5) is 0 Å². The third-order valence-electron chi connectivity index (χ3n) is 2.44. The molecule has 0 fully saturated rings. The summed E-state index contributed by atoms with van der Waals surface area (Å²) in [5, 5.41) is 0. The zero-order chi connectivity index (χ0) is 10.8. The Kier molecular flexibility index (Phi) is 2.60. The monoisotopic (exact) mass is 206 g/mol. The van der Waals surface area contributed by atoms with Crippen LogP contribution in [-0.4, -0.2) is 23.8 Å². The fraction of sp³-hybridized carbons (Fsp3) is 0.364. The Balaban J connectivity index is 2.65. The SMILES string of the molecule is COCc1nc2cccc(OC)c2n1C. The maximum absolute atomic E-state index is 5.30. The highest BCUT2D eigenvalue weighted by Gasteiger charge is 2.10. The van der Waals surface area contributed by atoms with E-state index in [0.29, 0.717) is 6.61 Å². The second kappa shape index (κ2) is 3.90. The molecule has 0 saturated heterocycles. The van der Waals surface area contributed by atoms with Crippen molar-refractivity contribution >= 4 is 11.0 Å². The number of benzene rings is 1. The van der Waals surface area contributed by atoms with E-state index in [1.165, 1.54) is 0 Å². The number of methoxy groups -OCH3 is 2. The summed E-state index contributed by atoms with van der Waals surface area (Å²) in [7, 11) is 5.29. The van der Waals surface area contributed by atoms with Gasteiger partial charge in [0.25, 0.3) is 0 Å². The topological polar surface area (TPSA) is 36.3 Å². The van der Waals surface area contributed by atoms with Crippen LogP contribution < -0.4 is 4.74 Å². The van der Waals surface area contributed by atoms with Crippen LogP contribution >= 0.6 is 0 Å². The summed E-state index contributed by atoms with van der Waals surface area (Å²) < 4.78 is 12.4. The van der Waals surface area contributed by atoms with Gasteiger partial charge in [0.2, 0.25) is 0 Å². The second-order valence-electron chi connectivity index (χ2n) is 3.35. The van der Waals surface area contributed by atoms with Crippen molar-refractivity contribution in [2.45, 2.75) is 6.61 Å². The van der Waals surface area contributed by atoms with Gasteiger partial charge >= 0.3 is 0 Å². The molecular formula is C11H14N2O2. The second-order valence-corrected chi connectivity index (χ2v) is 3.35. The van der Waals surface area contributed by atoms with Crippen molar-refractivity contribution in [1.29, 1.82) is 0 Å². The van der Waals surface area contributed by atoms with Crippen molar-refractivity contribution in [3.63, 3.8) is 0 Å². The lowest BCUT2D eigenvalue weighted by atomic mass is 10.3. The summed E-state index contributed by atoms with van der Waals surface area (Å²) in [5.41, 5.74) is 1.94. The van der Waals surface area contributed by atoms with Gasteiger partial charge in [0.05, 0.1) is 12.6 Å². The lowest BCUT2D eigenvalue weighted by Gasteiger charge is -2.04. The molecule has 0 aliphatic rings. The van der Waals surface area contributed by atoms with Crippen LogP contribution in [0.15, 0.2) is 18.2 Å². The normalized spacial score (nSPS) is 10.9. The lowest BCUT2D eigenvalue weighted by molar-refractivity contribution is 0.175. The van der Waals surface area contributed by atoms with Gasteiger partial charge in [0, 0.05) is 14.2 Å². The predicted octanol–water partition coefficient (Wildman–Crippen LogP) is 1.73. The molecule has 4 heteroatoms.